The zero-order valence-electron chi connectivity index (χ0n) is 28.9. The maximum Gasteiger partial charge on any atom is 0.303 e. The van der Waals surface area contributed by atoms with Crippen LogP contribution in [0, 0.1) is 0 Å². The molecule has 0 amide bonds. The Hall–Kier alpha value is -0.810. The molecule has 0 aromatic carbocycles. The highest BCUT2D eigenvalue weighted by Crippen LogP contribution is 2.22. The highest BCUT2D eigenvalue weighted by molar-refractivity contribution is 5.66. The van der Waals surface area contributed by atoms with Gasteiger partial charge in [-0.05, 0) is 6.42 Å². The highest BCUT2D eigenvalue weighted by atomic mass is 16.7. The molecule has 0 aromatic rings. The lowest BCUT2D eigenvalue weighted by atomic mass is 9.99. The SMILES string of the molecule is CCCCCCCCCCCCCCCCCCCCCCCCCOCC(COC1OC(CO)C(O)C(O)C1O)OC(C)=O. The summed E-state index contributed by atoms with van der Waals surface area (Å²) >= 11 is 0. The van der Waals surface area contributed by atoms with Crippen LogP contribution in [-0.2, 0) is 23.7 Å². The number of carbonyl (C=O) groups excluding carboxylic acids is 1. The minimum absolute atomic E-state index is 0.123. The molecule has 1 rings (SSSR count). The third-order valence-electron chi connectivity index (χ3n) is 8.82. The Morgan fingerprint density at radius 2 is 1.04 bits per heavy atom. The van der Waals surface area contributed by atoms with Gasteiger partial charge in [0, 0.05) is 13.5 Å². The van der Waals surface area contributed by atoms with Crippen molar-refractivity contribution in [1.82, 2.24) is 0 Å². The van der Waals surface area contributed by atoms with E-state index in [0.29, 0.717) is 6.61 Å². The number of unbranched alkanes of at least 4 members (excludes halogenated alkanes) is 22. The van der Waals surface area contributed by atoms with E-state index in [4.69, 9.17) is 18.9 Å². The zero-order valence-corrected chi connectivity index (χ0v) is 28.9. The lowest BCUT2D eigenvalue weighted by Crippen LogP contribution is -2.59. The molecule has 1 aliphatic heterocycles. The lowest BCUT2D eigenvalue weighted by Gasteiger charge is -2.39. The van der Waals surface area contributed by atoms with E-state index in [-0.39, 0.29) is 13.2 Å². The number of aliphatic hydroxyl groups excluding tert-OH is 4. The molecule has 1 saturated heterocycles. The summed E-state index contributed by atoms with van der Waals surface area (Å²) in [5.41, 5.74) is 0. The Kier molecular flexibility index (Phi) is 27.5. The second kappa shape index (κ2) is 29.3. The van der Waals surface area contributed by atoms with Crippen LogP contribution in [0.2, 0.25) is 0 Å². The topological polar surface area (TPSA) is 135 Å². The first-order valence-electron chi connectivity index (χ1n) is 18.6. The first kappa shape index (κ1) is 42.2. The summed E-state index contributed by atoms with van der Waals surface area (Å²) in [6, 6.07) is 0. The smallest absolute Gasteiger partial charge is 0.303 e. The minimum Gasteiger partial charge on any atom is -0.458 e. The number of hydrogen-bond acceptors (Lipinski definition) is 9. The third-order valence-corrected chi connectivity index (χ3v) is 8.82. The van der Waals surface area contributed by atoms with Gasteiger partial charge < -0.3 is 39.4 Å². The van der Waals surface area contributed by atoms with Crippen LogP contribution >= 0.6 is 0 Å². The second-order valence-electron chi connectivity index (χ2n) is 13.1. The van der Waals surface area contributed by atoms with Crippen molar-refractivity contribution in [1.29, 1.82) is 0 Å². The number of hydrogen-bond donors (Lipinski definition) is 4. The Morgan fingerprint density at radius 1 is 0.622 bits per heavy atom. The Morgan fingerprint density at radius 3 is 1.44 bits per heavy atom. The van der Waals surface area contributed by atoms with Gasteiger partial charge in [0.05, 0.1) is 19.8 Å². The van der Waals surface area contributed by atoms with E-state index in [1.165, 1.54) is 142 Å². The van der Waals surface area contributed by atoms with Crippen molar-refractivity contribution in [3.8, 4) is 0 Å². The molecule has 45 heavy (non-hydrogen) atoms. The highest BCUT2D eigenvalue weighted by Gasteiger charge is 2.44. The van der Waals surface area contributed by atoms with Gasteiger partial charge in [0.2, 0.25) is 0 Å². The first-order chi connectivity index (χ1) is 21.9. The molecule has 1 aliphatic rings. The summed E-state index contributed by atoms with van der Waals surface area (Å²) in [5, 5.41) is 39.2. The number of rotatable bonds is 31. The number of carbonyl (C=O) groups is 1. The quantitative estimate of drug-likeness (QED) is 0.0477. The van der Waals surface area contributed by atoms with Gasteiger partial charge in [-0.2, -0.15) is 0 Å². The normalized spacial score (nSPS) is 22.5. The van der Waals surface area contributed by atoms with Crippen LogP contribution in [0.25, 0.3) is 0 Å². The van der Waals surface area contributed by atoms with Crippen LogP contribution in [0.5, 0.6) is 0 Å². The molecule has 6 unspecified atom stereocenters. The van der Waals surface area contributed by atoms with Crippen molar-refractivity contribution in [2.45, 2.75) is 198 Å². The Labute approximate surface area is 274 Å². The molecule has 0 radical (unpaired) electrons. The van der Waals surface area contributed by atoms with Crippen molar-refractivity contribution in [2.24, 2.45) is 0 Å². The van der Waals surface area contributed by atoms with E-state index < -0.39 is 49.4 Å². The maximum absolute atomic E-state index is 11.5. The second-order valence-corrected chi connectivity index (χ2v) is 13.1. The van der Waals surface area contributed by atoms with E-state index >= 15 is 0 Å². The monoisotopic (exact) mass is 647 g/mol. The molecule has 268 valence electrons. The van der Waals surface area contributed by atoms with Crippen LogP contribution < -0.4 is 0 Å². The first-order valence-corrected chi connectivity index (χ1v) is 18.6. The van der Waals surface area contributed by atoms with Gasteiger partial charge in [-0.3, -0.25) is 4.79 Å². The molecular formula is C36H70O9. The van der Waals surface area contributed by atoms with Gasteiger partial charge in [0.25, 0.3) is 0 Å². The van der Waals surface area contributed by atoms with Crippen molar-refractivity contribution in [2.75, 3.05) is 26.4 Å². The van der Waals surface area contributed by atoms with Gasteiger partial charge in [-0.15, -0.1) is 0 Å². The minimum atomic E-state index is -1.52. The van der Waals surface area contributed by atoms with Crippen molar-refractivity contribution >= 4 is 5.97 Å². The molecule has 0 aliphatic carbocycles. The van der Waals surface area contributed by atoms with E-state index in [0.717, 1.165) is 12.8 Å². The molecular weight excluding hydrogens is 576 g/mol. The molecule has 0 aromatic heterocycles. The number of esters is 1. The standard InChI is InChI=1S/C36H70O9/c1-3-4-5-6-7-8-9-10-11-12-13-14-15-16-17-18-19-20-21-22-23-24-25-26-42-28-31(44-30(2)38)29-43-36-35(41)34(40)33(39)32(27-37)45-36/h31-37,39-41H,3-29H2,1-2H3. The molecule has 1 heterocycles. The average molecular weight is 647 g/mol. The average Bonchev–Trinajstić information content (AvgIpc) is 3.02. The summed E-state index contributed by atoms with van der Waals surface area (Å²) in [5.74, 6) is -0.486. The summed E-state index contributed by atoms with van der Waals surface area (Å²) in [6.07, 6.45) is 23.6. The van der Waals surface area contributed by atoms with Crippen LogP contribution in [0.4, 0.5) is 0 Å². The van der Waals surface area contributed by atoms with Crippen molar-refractivity contribution < 1.29 is 44.2 Å². The Bertz CT molecular complexity index is 662. The van der Waals surface area contributed by atoms with Crippen LogP contribution in [-0.4, -0.2) is 89.6 Å². The largest absolute Gasteiger partial charge is 0.458 e. The van der Waals surface area contributed by atoms with Gasteiger partial charge in [0.1, 0.15) is 30.5 Å². The van der Waals surface area contributed by atoms with E-state index in [9.17, 15) is 25.2 Å². The molecule has 0 spiro atoms. The predicted molar refractivity (Wildman–Crippen MR) is 178 cm³/mol. The summed E-state index contributed by atoms with van der Waals surface area (Å²) in [4.78, 5) is 11.5. The molecule has 1 fully saturated rings. The fourth-order valence-corrected chi connectivity index (χ4v) is 5.96. The fraction of sp³-hybridized carbons (Fsp3) is 0.972. The van der Waals surface area contributed by atoms with Crippen molar-refractivity contribution in [3.63, 3.8) is 0 Å². The molecule has 9 heteroatoms. The van der Waals surface area contributed by atoms with Crippen LogP contribution in [0.1, 0.15) is 162 Å². The summed E-state index contributed by atoms with van der Waals surface area (Å²) in [7, 11) is 0. The van der Waals surface area contributed by atoms with Crippen molar-refractivity contribution in [3.05, 3.63) is 0 Å². The lowest BCUT2D eigenvalue weighted by molar-refractivity contribution is -0.305. The fourth-order valence-electron chi connectivity index (χ4n) is 5.96. The van der Waals surface area contributed by atoms with Crippen LogP contribution in [0.15, 0.2) is 0 Å². The van der Waals surface area contributed by atoms with Gasteiger partial charge in [-0.25, -0.2) is 0 Å². The molecule has 0 bridgehead atoms. The molecule has 6 atom stereocenters. The summed E-state index contributed by atoms with van der Waals surface area (Å²) in [6.45, 7) is 3.60. The third kappa shape index (κ3) is 22.4. The number of ether oxygens (including phenoxy) is 4. The van der Waals surface area contributed by atoms with Gasteiger partial charge >= 0.3 is 5.97 Å². The maximum atomic E-state index is 11.5. The zero-order chi connectivity index (χ0) is 33.0. The van der Waals surface area contributed by atoms with Crippen LogP contribution in [0.3, 0.4) is 0 Å². The van der Waals surface area contributed by atoms with E-state index in [1.54, 1.807) is 0 Å². The van der Waals surface area contributed by atoms with E-state index in [2.05, 4.69) is 6.92 Å². The molecule has 4 N–H and O–H groups in total. The summed E-state index contributed by atoms with van der Waals surface area (Å²) < 4.78 is 21.8. The molecule has 9 nitrogen and oxygen atoms in total. The number of aliphatic hydroxyl groups is 4. The van der Waals surface area contributed by atoms with Gasteiger partial charge in [0.15, 0.2) is 6.29 Å². The predicted octanol–water partition coefficient (Wildman–Crippen LogP) is 6.74. The van der Waals surface area contributed by atoms with E-state index in [1.807, 2.05) is 0 Å². The Balaban J connectivity index is 1.90. The van der Waals surface area contributed by atoms with Gasteiger partial charge in [-0.1, -0.05) is 148 Å². The molecule has 0 saturated carbocycles.